The van der Waals surface area contributed by atoms with Gasteiger partial charge < -0.3 is 9.47 Å². The average molecular weight is 499 g/mol. The summed E-state index contributed by atoms with van der Waals surface area (Å²) in [7, 11) is 1.56. The van der Waals surface area contributed by atoms with E-state index in [0.29, 0.717) is 44.1 Å². The third-order valence-electron chi connectivity index (χ3n) is 4.56. The summed E-state index contributed by atoms with van der Waals surface area (Å²) in [6.45, 7) is 0.292. The highest BCUT2D eigenvalue weighted by Gasteiger charge is 2.12. The quantitative estimate of drug-likeness (QED) is 0.339. The van der Waals surface area contributed by atoms with Gasteiger partial charge in [0.25, 0.3) is 5.56 Å². The number of fused-ring (bicyclic) bond motifs is 1. The number of para-hydroxylation sites is 1. The lowest BCUT2D eigenvalue weighted by atomic mass is 10.2. The van der Waals surface area contributed by atoms with Crippen LogP contribution in [0.2, 0.25) is 5.02 Å². The van der Waals surface area contributed by atoms with Crippen molar-refractivity contribution >= 4 is 44.6 Å². The van der Waals surface area contributed by atoms with Gasteiger partial charge in [0.05, 0.1) is 28.7 Å². The van der Waals surface area contributed by atoms with Crippen molar-refractivity contribution < 1.29 is 9.47 Å². The molecule has 8 heteroatoms. The van der Waals surface area contributed by atoms with Crippen LogP contribution in [-0.4, -0.2) is 23.0 Å². The first-order valence-electron chi connectivity index (χ1n) is 9.31. The second-order valence-corrected chi connectivity index (χ2v) is 7.83. The molecule has 4 aromatic rings. The fourth-order valence-corrected chi connectivity index (χ4v) is 3.76. The Morgan fingerprint density at radius 2 is 1.94 bits per heavy atom. The van der Waals surface area contributed by atoms with Crippen LogP contribution >= 0.6 is 27.5 Å². The molecule has 1 heterocycles. The minimum absolute atomic E-state index is 0.243. The molecular formula is C23H17BrClN3O3. The largest absolute Gasteiger partial charge is 0.493 e. The summed E-state index contributed by atoms with van der Waals surface area (Å²) < 4.78 is 13.3. The van der Waals surface area contributed by atoms with Crippen LogP contribution in [0.1, 0.15) is 11.1 Å². The highest BCUT2D eigenvalue weighted by molar-refractivity contribution is 9.10. The number of halogens is 2. The minimum atomic E-state index is -0.243. The summed E-state index contributed by atoms with van der Waals surface area (Å²) >= 11 is 9.73. The van der Waals surface area contributed by atoms with Gasteiger partial charge in [0.1, 0.15) is 12.9 Å². The van der Waals surface area contributed by atoms with Crippen LogP contribution in [0.15, 0.2) is 81.4 Å². The molecule has 0 bridgehead atoms. The predicted octanol–water partition coefficient (Wildman–Crippen LogP) is 5.28. The molecule has 1 aromatic heterocycles. The number of rotatable bonds is 6. The second-order valence-electron chi connectivity index (χ2n) is 6.57. The summed E-state index contributed by atoms with van der Waals surface area (Å²) in [5.74, 6) is 1.07. The monoisotopic (exact) mass is 497 g/mol. The molecule has 0 saturated carbocycles. The molecule has 0 amide bonds. The first kappa shape index (κ1) is 21.1. The lowest BCUT2D eigenvalue weighted by Gasteiger charge is -2.14. The topological polar surface area (TPSA) is 65.7 Å². The van der Waals surface area contributed by atoms with Crippen LogP contribution in [0.3, 0.4) is 0 Å². The Bertz CT molecular complexity index is 1340. The number of methoxy groups -OCH3 is 1. The van der Waals surface area contributed by atoms with Crippen molar-refractivity contribution in [2.45, 2.75) is 6.61 Å². The maximum absolute atomic E-state index is 12.6. The number of ether oxygens (including phenoxy) is 2. The number of hydrogen-bond donors (Lipinski definition) is 0. The zero-order valence-electron chi connectivity index (χ0n) is 16.5. The molecule has 0 saturated heterocycles. The van der Waals surface area contributed by atoms with E-state index in [-0.39, 0.29) is 5.56 Å². The first-order valence-corrected chi connectivity index (χ1v) is 10.5. The van der Waals surface area contributed by atoms with Gasteiger partial charge in [-0.25, -0.2) is 4.98 Å². The summed E-state index contributed by atoms with van der Waals surface area (Å²) in [5.41, 5.74) is 1.97. The van der Waals surface area contributed by atoms with E-state index in [1.54, 1.807) is 37.6 Å². The molecular weight excluding hydrogens is 482 g/mol. The van der Waals surface area contributed by atoms with Crippen molar-refractivity contribution in [3.63, 3.8) is 0 Å². The smallest absolute Gasteiger partial charge is 0.281 e. The summed E-state index contributed by atoms with van der Waals surface area (Å²) in [6.07, 6.45) is 2.96. The minimum Gasteiger partial charge on any atom is -0.493 e. The van der Waals surface area contributed by atoms with Crippen LogP contribution in [0, 0.1) is 0 Å². The lowest BCUT2D eigenvalue weighted by molar-refractivity contribution is 0.282. The van der Waals surface area contributed by atoms with Crippen LogP contribution in [0.5, 0.6) is 11.5 Å². The molecule has 0 spiro atoms. The summed E-state index contributed by atoms with van der Waals surface area (Å²) in [6, 6.07) is 18.2. The van der Waals surface area contributed by atoms with Gasteiger partial charge >= 0.3 is 0 Å². The molecule has 0 atom stereocenters. The molecule has 31 heavy (non-hydrogen) atoms. The fraction of sp³-hybridized carbons (Fsp3) is 0.0870. The van der Waals surface area contributed by atoms with Gasteiger partial charge in [-0.05, 0) is 51.8 Å². The van der Waals surface area contributed by atoms with E-state index in [9.17, 15) is 4.79 Å². The highest BCUT2D eigenvalue weighted by Crippen LogP contribution is 2.37. The molecule has 4 rings (SSSR count). The maximum atomic E-state index is 12.6. The standard InChI is InChI=1S/C23H17BrClN3O3/c1-30-21-11-15(10-18(24)22(21)31-13-16-6-2-4-8-19(16)25)12-27-28-14-26-20-9-5-3-7-17(20)23(28)29/h2-12,14H,13H2,1H3. The van der Waals surface area contributed by atoms with Gasteiger partial charge in [-0.15, -0.1) is 0 Å². The van der Waals surface area contributed by atoms with E-state index in [4.69, 9.17) is 21.1 Å². The normalized spacial score (nSPS) is 11.2. The zero-order valence-corrected chi connectivity index (χ0v) is 18.8. The highest BCUT2D eigenvalue weighted by atomic mass is 79.9. The summed E-state index contributed by atoms with van der Waals surface area (Å²) in [4.78, 5) is 16.9. The van der Waals surface area contributed by atoms with Crippen LogP contribution in [0.4, 0.5) is 0 Å². The van der Waals surface area contributed by atoms with E-state index in [2.05, 4.69) is 26.0 Å². The van der Waals surface area contributed by atoms with Gasteiger partial charge in [-0.3, -0.25) is 4.79 Å². The molecule has 3 aromatic carbocycles. The van der Waals surface area contributed by atoms with Gasteiger partial charge in [-0.1, -0.05) is 41.9 Å². The Balaban J connectivity index is 1.60. The number of hydrogen-bond acceptors (Lipinski definition) is 5. The van der Waals surface area contributed by atoms with E-state index < -0.39 is 0 Å². The average Bonchev–Trinajstić information content (AvgIpc) is 2.78. The van der Waals surface area contributed by atoms with Crippen molar-refractivity contribution in [2.24, 2.45) is 5.10 Å². The van der Waals surface area contributed by atoms with Crippen LogP contribution in [-0.2, 0) is 6.61 Å². The molecule has 0 aliphatic rings. The van der Waals surface area contributed by atoms with Crippen LogP contribution in [0.25, 0.3) is 10.9 Å². The van der Waals surface area contributed by atoms with Gasteiger partial charge in [0.15, 0.2) is 11.5 Å². The van der Waals surface area contributed by atoms with Crippen molar-refractivity contribution in [1.82, 2.24) is 9.66 Å². The molecule has 6 nitrogen and oxygen atoms in total. The van der Waals surface area contributed by atoms with E-state index in [0.717, 1.165) is 5.56 Å². The Hall–Kier alpha value is -3.16. The molecule has 0 fully saturated rings. The maximum Gasteiger partial charge on any atom is 0.281 e. The molecule has 0 aliphatic heterocycles. The van der Waals surface area contributed by atoms with Gasteiger partial charge in [0.2, 0.25) is 0 Å². The molecule has 0 unspecified atom stereocenters. The van der Waals surface area contributed by atoms with Crippen molar-refractivity contribution in [1.29, 1.82) is 0 Å². The Kier molecular flexibility index (Phi) is 6.34. The van der Waals surface area contributed by atoms with Gasteiger partial charge in [-0.2, -0.15) is 9.78 Å². The number of aromatic nitrogens is 2. The van der Waals surface area contributed by atoms with E-state index >= 15 is 0 Å². The third kappa shape index (κ3) is 4.62. The molecule has 0 aliphatic carbocycles. The van der Waals surface area contributed by atoms with Crippen molar-refractivity contribution in [3.8, 4) is 11.5 Å². The number of benzene rings is 3. The molecule has 156 valence electrons. The number of nitrogens with zero attached hydrogens (tertiary/aromatic N) is 3. The first-order chi connectivity index (χ1) is 15.1. The SMILES string of the molecule is COc1cc(C=Nn2cnc3ccccc3c2=O)cc(Br)c1OCc1ccccc1Cl. The Morgan fingerprint density at radius 3 is 2.74 bits per heavy atom. The fourth-order valence-electron chi connectivity index (χ4n) is 2.99. The van der Waals surface area contributed by atoms with E-state index in [1.165, 1.54) is 11.0 Å². The third-order valence-corrected chi connectivity index (χ3v) is 5.52. The van der Waals surface area contributed by atoms with Crippen LogP contribution < -0.4 is 15.0 Å². The second kappa shape index (κ2) is 9.32. The van der Waals surface area contributed by atoms with Crippen molar-refractivity contribution in [3.05, 3.63) is 98.0 Å². The predicted molar refractivity (Wildman–Crippen MR) is 125 cm³/mol. The molecule has 0 N–H and O–H groups in total. The molecule has 0 radical (unpaired) electrons. The zero-order chi connectivity index (χ0) is 21.8. The van der Waals surface area contributed by atoms with Gasteiger partial charge in [0, 0.05) is 10.6 Å². The lowest BCUT2D eigenvalue weighted by Crippen LogP contribution is -2.17. The van der Waals surface area contributed by atoms with Crippen molar-refractivity contribution in [2.75, 3.05) is 7.11 Å². The summed E-state index contributed by atoms with van der Waals surface area (Å²) in [5, 5.41) is 5.40. The Morgan fingerprint density at radius 1 is 1.16 bits per heavy atom. The van der Waals surface area contributed by atoms with E-state index in [1.807, 2.05) is 36.4 Å². The Labute approximate surface area is 191 Å².